The number of rotatable bonds is 5. The number of hydrogen-bond donors (Lipinski definition) is 0. The molecular weight excluding hydrogens is 164 g/mol. The highest BCUT2D eigenvalue weighted by molar-refractivity contribution is 5.96. The molecule has 0 aliphatic carbocycles. The Balaban J connectivity index is 4.41. The standard InChI is InChI=1S/C11H16O2/c1-4-5-6-7-11(10(2)12)8-9-13-3/h5-9H,4H2,1-3H3/b6-5-,9-8-,11-7+. The van der Waals surface area contributed by atoms with Gasteiger partial charge in [-0.2, -0.15) is 0 Å². The van der Waals surface area contributed by atoms with E-state index in [0.717, 1.165) is 6.42 Å². The van der Waals surface area contributed by atoms with Gasteiger partial charge >= 0.3 is 0 Å². The van der Waals surface area contributed by atoms with Crippen LogP contribution in [0.1, 0.15) is 20.3 Å². The quantitative estimate of drug-likeness (QED) is 0.369. The predicted octanol–water partition coefficient (Wildman–Crippen LogP) is 2.63. The maximum atomic E-state index is 11.0. The van der Waals surface area contributed by atoms with Crippen molar-refractivity contribution in [2.24, 2.45) is 0 Å². The first-order valence-electron chi connectivity index (χ1n) is 4.29. The van der Waals surface area contributed by atoms with Crippen LogP contribution in [-0.4, -0.2) is 12.9 Å². The summed E-state index contributed by atoms with van der Waals surface area (Å²) >= 11 is 0. The Labute approximate surface area is 79.6 Å². The van der Waals surface area contributed by atoms with E-state index in [-0.39, 0.29) is 5.78 Å². The van der Waals surface area contributed by atoms with Gasteiger partial charge in [0, 0.05) is 5.57 Å². The third-order valence-electron chi connectivity index (χ3n) is 1.44. The van der Waals surface area contributed by atoms with Crippen molar-refractivity contribution in [3.8, 4) is 0 Å². The highest BCUT2D eigenvalue weighted by Gasteiger charge is 1.96. The van der Waals surface area contributed by atoms with Crippen LogP contribution in [0.5, 0.6) is 0 Å². The van der Waals surface area contributed by atoms with E-state index in [1.54, 1.807) is 19.3 Å². The molecular formula is C11H16O2. The van der Waals surface area contributed by atoms with E-state index >= 15 is 0 Å². The van der Waals surface area contributed by atoms with Crippen LogP contribution in [0.25, 0.3) is 0 Å². The summed E-state index contributed by atoms with van der Waals surface area (Å²) in [6, 6.07) is 0. The zero-order valence-electron chi connectivity index (χ0n) is 8.41. The second-order valence-electron chi connectivity index (χ2n) is 2.55. The Kier molecular flexibility index (Phi) is 6.60. The Morgan fingerprint density at radius 3 is 2.62 bits per heavy atom. The molecule has 0 aromatic rings. The first-order chi connectivity index (χ1) is 6.22. The molecule has 0 aromatic heterocycles. The normalized spacial score (nSPS) is 12.7. The molecule has 0 unspecified atom stereocenters. The summed E-state index contributed by atoms with van der Waals surface area (Å²) in [5.41, 5.74) is 0.645. The lowest BCUT2D eigenvalue weighted by Gasteiger charge is -1.93. The van der Waals surface area contributed by atoms with Crippen molar-refractivity contribution in [1.82, 2.24) is 0 Å². The highest BCUT2D eigenvalue weighted by atomic mass is 16.5. The molecule has 0 atom stereocenters. The van der Waals surface area contributed by atoms with Gasteiger partial charge in [-0.05, 0) is 19.4 Å². The van der Waals surface area contributed by atoms with Crippen molar-refractivity contribution in [1.29, 1.82) is 0 Å². The summed E-state index contributed by atoms with van der Waals surface area (Å²) in [5, 5.41) is 0. The smallest absolute Gasteiger partial charge is 0.159 e. The van der Waals surface area contributed by atoms with Gasteiger partial charge in [-0.15, -0.1) is 0 Å². The number of ether oxygens (including phenoxy) is 1. The number of carbonyl (C=O) groups is 1. The molecule has 0 aliphatic rings. The Morgan fingerprint density at radius 1 is 1.46 bits per heavy atom. The van der Waals surface area contributed by atoms with Gasteiger partial charge in [0.2, 0.25) is 0 Å². The summed E-state index contributed by atoms with van der Waals surface area (Å²) in [6.45, 7) is 3.58. The van der Waals surface area contributed by atoms with E-state index in [1.807, 2.05) is 19.1 Å². The molecule has 2 heteroatoms. The minimum atomic E-state index is 0.0362. The third kappa shape index (κ3) is 5.91. The highest BCUT2D eigenvalue weighted by Crippen LogP contribution is 1.99. The lowest BCUT2D eigenvalue weighted by atomic mass is 10.1. The maximum absolute atomic E-state index is 11.0. The number of hydrogen-bond acceptors (Lipinski definition) is 2. The Bertz CT molecular complexity index is 234. The molecule has 0 saturated heterocycles. The second kappa shape index (κ2) is 7.35. The summed E-state index contributed by atoms with van der Waals surface area (Å²) in [4.78, 5) is 11.0. The van der Waals surface area contributed by atoms with Gasteiger partial charge in [0.15, 0.2) is 5.78 Å². The summed E-state index contributed by atoms with van der Waals surface area (Å²) in [6.07, 6.45) is 9.76. The molecule has 0 aliphatic heterocycles. The van der Waals surface area contributed by atoms with Crippen LogP contribution in [0.15, 0.2) is 36.1 Å². The number of carbonyl (C=O) groups excluding carboxylic acids is 1. The fourth-order valence-electron chi connectivity index (χ4n) is 0.739. The fraction of sp³-hybridized carbons (Fsp3) is 0.364. The number of methoxy groups -OCH3 is 1. The van der Waals surface area contributed by atoms with Gasteiger partial charge in [-0.1, -0.05) is 25.2 Å². The molecule has 0 aromatic carbocycles. The van der Waals surface area contributed by atoms with Crippen LogP contribution in [-0.2, 0) is 9.53 Å². The van der Waals surface area contributed by atoms with Crippen molar-refractivity contribution in [3.05, 3.63) is 36.1 Å². The van der Waals surface area contributed by atoms with Crippen LogP contribution in [0, 0.1) is 0 Å². The lowest BCUT2D eigenvalue weighted by Crippen LogP contribution is -1.92. The lowest BCUT2D eigenvalue weighted by molar-refractivity contribution is -0.113. The molecule has 0 heterocycles. The van der Waals surface area contributed by atoms with Gasteiger partial charge in [-0.25, -0.2) is 0 Å². The number of ketones is 1. The molecule has 0 radical (unpaired) electrons. The predicted molar refractivity (Wildman–Crippen MR) is 54.3 cm³/mol. The molecule has 0 fully saturated rings. The van der Waals surface area contributed by atoms with Crippen LogP contribution in [0.3, 0.4) is 0 Å². The van der Waals surface area contributed by atoms with Crippen LogP contribution in [0.2, 0.25) is 0 Å². The monoisotopic (exact) mass is 180 g/mol. The Hall–Kier alpha value is -1.31. The van der Waals surface area contributed by atoms with Gasteiger partial charge in [0.25, 0.3) is 0 Å². The first-order valence-corrected chi connectivity index (χ1v) is 4.29. The van der Waals surface area contributed by atoms with Crippen molar-refractivity contribution in [2.75, 3.05) is 7.11 Å². The average molecular weight is 180 g/mol. The van der Waals surface area contributed by atoms with E-state index in [2.05, 4.69) is 0 Å². The second-order valence-corrected chi connectivity index (χ2v) is 2.55. The third-order valence-corrected chi connectivity index (χ3v) is 1.44. The molecule has 0 amide bonds. The molecule has 0 bridgehead atoms. The first kappa shape index (κ1) is 11.7. The van der Waals surface area contributed by atoms with Gasteiger partial charge < -0.3 is 4.74 Å². The van der Waals surface area contributed by atoms with Crippen molar-refractivity contribution < 1.29 is 9.53 Å². The largest absolute Gasteiger partial charge is 0.504 e. The van der Waals surface area contributed by atoms with E-state index in [4.69, 9.17) is 4.74 Å². The van der Waals surface area contributed by atoms with E-state index < -0.39 is 0 Å². The van der Waals surface area contributed by atoms with Crippen LogP contribution in [0.4, 0.5) is 0 Å². The zero-order chi connectivity index (χ0) is 10.1. The zero-order valence-corrected chi connectivity index (χ0v) is 8.41. The van der Waals surface area contributed by atoms with Gasteiger partial charge in [0.05, 0.1) is 13.4 Å². The van der Waals surface area contributed by atoms with Gasteiger partial charge in [0.1, 0.15) is 0 Å². The molecule has 72 valence electrons. The molecule has 0 spiro atoms. The average Bonchev–Trinajstić information content (AvgIpc) is 2.10. The van der Waals surface area contributed by atoms with Crippen molar-refractivity contribution >= 4 is 5.78 Å². The molecule has 13 heavy (non-hydrogen) atoms. The van der Waals surface area contributed by atoms with Crippen LogP contribution < -0.4 is 0 Å². The molecule has 2 nitrogen and oxygen atoms in total. The SMILES string of the molecule is CC\C=C/C=C(\C=C/OC)C(C)=O. The molecule has 0 saturated carbocycles. The number of allylic oxidation sites excluding steroid dienone is 5. The summed E-state index contributed by atoms with van der Waals surface area (Å²) in [7, 11) is 1.55. The van der Waals surface area contributed by atoms with E-state index in [9.17, 15) is 4.79 Å². The molecule has 0 rings (SSSR count). The Morgan fingerprint density at radius 2 is 2.15 bits per heavy atom. The van der Waals surface area contributed by atoms with Crippen molar-refractivity contribution in [3.63, 3.8) is 0 Å². The van der Waals surface area contributed by atoms with E-state index in [1.165, 1.54) is 13.2 Å². The summed E-state index contributed by atoms with van der Waals surface area (Å²) < 4.78 is 4.73. The topological polar surface area (TPSA) is 26.3 Å². The van der Waals surface area contributed by atoms with Crippen LogP contribution >= 0.6 is 0 Å². The fourth-order valence-corrected chi connectivity index (χ4v) is 0.739. The van der Waals surface area contributed by atoms with E-state index in [0.29, 0.717) is 5.57 Å². The van der Waals surface area contributed by atoms with Crippen molar-refractivity contribution in [2.45, 2.75) is 20.3 Å². The maximum Gasteiger partial charge on any atom is 0.159 e. The number of Topliss-reactive ketones (excluding diaryl/α,β-unsaturated/α-hetero) is 1. The molecule has 0 N–H and O–H groups in total. The summed E-state index contributed by atoms with van der Waals surface area (Å²) in [5.74, 6) is 0.0362. The minimum Gasteiger partial charge on any atom is -0.504 e. The minimum absolute atomic E-state index is 0.0362. The van der Waals surface area contributed by atoms with Gasteiger partial charge in [-0.3, -0.25) is 4.79 Å².